The number of rotatable bonds is 5. The van der Waals surface area contributed by atoms with E-state index >= 15 is 0 Å². The molecule has 1 atom stereocenters. The van der Waals surface area contributed by atoms with Gasteiger partial charge in [-0.25, -0.2) is 0 Å². The lowest BCUT2D eigenvalue weighted by Crippen LogP contribution is -2.51. The standard InChI is InChI=1S/C25H27N3O4/c29-25(30)18-13-28(14-18)20-10-11-21-19(20)12-22(31-21)23-26-24(32-27-23)17-8-6-16(7-9-17)15-4-2-1-3-5-15/h6-9,12,15,18,20H,1-5,10-11,13-14H2,(H,29,30). The van der Waals surface area contributed by atoms with E-state index in [9.17, 15) is 4.79 Å². The predicted molar refractivity (Wildman–Crippen MR) is 117 cm³/mol. The second-order valence-corrected chi connectivity index (χ2v) is 9.41. The van der Waals surface area contributed by atoms with Gasteiger partial charge in [-0.1, -0.05) is 36.6 Å². The summed E-state index contributed by atoms with van der Waals surface area (Å²) in [5.41, 5.74) is 3.45. The number of aliphatic carboxylic acids is 1. The number of carboxylic acid groups (broad SMARTS) is 1. The largest absolute Gasteiger partial charge is 0.481 e. The number of carboxylic acids is 1. The van der Waals surface area contributed by atoms with Crippen LogP contribution in [0.5, 0.6) is 0 Å². The van der Waals surface area contributed by atoms with Crippen LogP contribution >= 0.6 is 0 Å². The zero-order chi connectivity index (χ0) is 21.7. The Balaban J connectivity index is 1.17. The smallest absolute Gasteiger partial charge is 0.309 e. The highest BCUT2D eigenvalue weighted by atomic mass is 16.5. The van der Waals surface area contributed by atoms with E-state index in [0.29, 0.717) is 36.5 Å². The number of furan rings is 1. The molecule has 1 saturated carbocycles. The van der Waals surface area contributed by atoms with Crippen LogP contribution in [-0.4, -0.2) is 39.2 Å². The lowest BCUT2D eigenvalue weighted by molar-refractivity contribution is -0.148. The summed E-state index contributed by atoms with van der Waals surface area (Å²) in [5.74, 6) is 2.22. The van der Waals surface area contributed by atoms with Crippen LogP contribution in [0.1, 0.15) is 67.4 Å². The van der Waals surface area contributed by atoms with Crippen molar-refractivity contribution in [2.24, 2.45) is 5.92 Å². The van der Waals surface area contributed by atoms with E-state index in [1.54, 1.807) is 0 Å². The highest BCUT2D eigenvalue weighted by molar-refractivity contribution is 5.71. The number of hydrogen-bond acceptors (Lipinski definition) is 6. The predicted octanol–water partition coefficient (Wildman–Crippen LogP) is 5.05. The van der Waals surface area contributed by atoms with E-state index in [1.807, 2.05) is 6.07 Å². The van der Waals surface area contributed by atoms with Crippen molar-refractivity contribution in [3.63, 3.8) is 0 Å². The van der Waals surface area contributed by atoms with Crippen molar-refractivity contribution in [2.45, 2.75) is 56.9 Å². The van der Waals surface area contributed by atoms with Crippen molar-refractivity contribution >= 4 is 5.97 Å². The Morgan fingerprint density at radius 3 is 2.59 bits per heavy atom. The van der Waals surface area contributed by atoms with Crippen molar-refractivity contribution in [1.29, 1.82) is 0 Å². The van der Waals surface area contributed by atoms with Crippen LogP contribution in [0.4, 0.5) is 0 Å². The molecule has 1 aromatic carbocycles. The maximum absolute atomic E-state index is 11.1. The normalized spacial score (nSPS) is 22.1. The topological polar surface area (TPSA) is 92.6 Å². The molecule has 0 spiro atoms. The van der Waals surface area contributed by atoms with Gasteiger partial charge in [-0.3, -0.25) is 9.69 Å². The molecule has 1 unspecified atom stereocenters. The van der Waals surface area contributed by atoms with Crippen molar-refractivity contribution in [1.82, 2.24) is 15.0 Å². The van der Waals surface area contributed by atoms with Crippen LogP contribution in [0.2, 0.25) is 0 Å². The molecule has 7 heteroatoms. The first kappa shape index (κ1) is 19.7. The molecular weight excluding hydrogens is 406 g/mol. The Labute approximate surface area is 186 Å². The Morgan fingerprint density at radius 2 is 1.84 bits per heavy atom. The number of carbonyl (C=O) groups is 1. The number of aromatic nitrogens is 2. The number of likely N-dealkylation sites (tertiary alicyclic amines) is 1. The molecule has 2 aromatic heterocycles. The molecule has 3 aliphatic rings. The van der Waals surface area contributed by atoms with Gasteiger partial charge in [-0.05, 0) is 48.9 Å². The fourth-order valence-electron chi connectivity index (χ4n) is 5.53. The van der Waals surface area contributed by atoms with Crippen LogP contribution in [0.25, 0.3) is 23.0 Å². The Bertz CT molecular complexity index is 1120. The zero-order valence-electron chi connectivity index (χ0n) is 18.0. The fourth-order valence-corrected chi connectivity index (χ4v) is 5.53. The van der Waals surface area contributed by atoms with Crippen molar-refractivity contribution < 1.29 is 18.8 Å². The molecule has 3 aromatic rings. The second kappa shape index (κ2) is 7.89. The van der Waals surface area contributed by atoms with E-state index in [0.717, 1.165) is 29.7 Å². The van der Waals surface area contributed by atoms with Gasteiger partial charge in [0.2, 0.25) is 5.82 Å². The van der Waals surface area contributed by atoms with Gasteiger partial charge in [0.25, 0.3) is 5.89 Å². The quantitative estimate of drug-likeness (QED) is 0.602. The summed E-state index contributed by atoms with van der Waals surface area (Å²) in [6.07, 6.45) is 8.38. The third-order valence-electron chi connectivity index (χ3n) is 7.43. The zero-order valence-corrected chi connectivity index (χ0v) is 18.0. The summed E-state index contributed by atoms with van der Waals surface area (Å²) in [5, 5.41) is 13.3. The average Bonchev–Trinajstić information content (AvgIpc) is 3.50. The molecule has 7 nitrogen and oxygen atoms in total. The van der Waals surface area contributed by atoms with Crippen LogP contribution < -0.4 is 0 Å². The lowest BCUT2D eigenvalue weighted by Gasteiger charge is -2.41. The minimum absolute atomic E-state index is 0.219. The molecule has 3 heterocycles. The molecule has 0 amide bonds. The number of benzene rings is 1. The molecule has 2 aliphatic carbocycles. The van der Waals surface area contributed by atoms with E-state index in [2.05, 4.69) is 39.3 Å². The van der Waals surface area contributed by atoms with Crippen LogP contribution in [0.15, 0.2) is 39.3 Å². The average molecular weight is 434 g/mol. The highest BCUT2D eigenvalue weighted by Crippen LogP contribution is 2.42. The van der Waals surface area contributed by atoms with Gasteiger partial charge < -0.3 is 14.0 Å². The third kappa shape index (κ3) is 3.45. The maximum Gasteiger partial charge on any atom is 0.309 e. The van der Waals surface area contributed by atoms with Gasteiger partial charge in [-0.2, -0.15) is 4.98 Å². The summed E-state index contributed by atoms with van der Waals surface area (Å²) < 4.78 is 11.6. The monoisotopic (exact) mass is 433 g/mol. The molecular formula is C25H27N3O4. The van der Waals surface area contributed by atoms with Gasteiger partial charge in [-0.15, -0.1) is 0 Å². The first-order valence-corrected chi connectivity index (χ1v) is 11.7. The van der Waals surface area contributed by atoms with Gasteiger partial charge in [0.05, 0.1) is 5.92 Å². The molecule has 1 aliphatic heterocycles. The van der Waals surface area contributed by atoms with E-state index < -0.39 is 5.97 Å². The third-order valence-corrected chi connectivity index (χ3v) is 7.43. The second-order valence-electron chi connectivity index (χ2n) is 9.41. The van der Waals surface area contributed by atoms with Crippen LogP contribution in [-0.2, 0) is 11.2 Å². The Morgan fingerprint density at radius 1 is 1.06 bits per heavy atom. The lowest BCUT2D eigenvalue weighted by atomic mass is 9.84. The van der Waals surface area contributed by atoms with E-state index in [1.165, 1.54) is 37.7 Å². The van der Waals surface area contributed by atoms with Gasteiger partial charge >= 0.3 is 5.97 Å². The van der Waals surface area contributed by atoms with Crippen LogP contribution in [0, 0.1) is 5.92 Å². The molecule has 1 saturated heterocycles. The van der Waals surface area contributed by atoms with Crippen molar-refractivity contribution in [3.8, 4) is 23.0 Å². The molecule has 166 valence electrons. The molecule has 0 bridgehead atoms. The molecule has 1 N–H and O–H groups in total. The van der Waals surface area contributed by atoms with E-state index in [4.69, 9.17) is 14.0 Å². The molecule has 6 rings (SSSR count). The summed E-state index contributed by atoms with van der Waals surface area (Å²) in [7, 11) is 0. The molecule has 32 heavy (non-hydrogen) atoms. The summed E-state index contributed by atoms with van der Waals surface area (Å²) >= 11 is 0. The SMILES string of the molecule is O=C(O)C1CN(C2CCc3oc(-c4noc(-c5ccc(C6CCCCC6)cc5)n4)cc32)C1. The Hall–Kier alpha value is -2.93. The van der Waals surface area contributed by atoms with E-state index in [-0.39, 0.29) is 12.0 Å². The number of aryl methyl sites for hydroxylation is 1. The van der Waals surface area contributed by atoms with Gasteiger partial charge in [0.1, 0.15) is 5.76 Å². The summed E-state index contributed by atoms with van der Waals surface area (Å²) in [6.45, 7) is 1.20. The van der Waals surface area contributed by atoms with Gasteiger partial charge in [0, 0.05) is 36.7 Å². The highest BCUT2D eigenvalue weighted by Gasteiger charge is 2.41. The first-order chi connectivity index (χ1) is 15.7. The van der Waals surface area contributed by atoms with Gasteiger partial charge in [0.15, 0.2) is 5.76 Å². The van der Waals surface area contributed by atoms with Crippen molar-refractivity contribution in [2.75, 3.05) is 13.1 Å². The Kier molecular flexibility index (Phi) is 4.86. The number of nitrogens with zero attached hydrogens (tertiary/aromatic N) is 3. The maximum atomic E-state index is 11.1. The number of hydrogen-bond donors (Lipinski definition) is 1. The molecule has 2 fully saturated rings. The minimum Gasteiger partial charge on any atom is -0.481 e. The minimum atomic E-state index is -0.710. The first-order valence-electron chi connectivity index (χ1n) is 11.7. The number of fused-ring (bicyclic) bond motifs is 1. The molecule has 0 radical (unpaired) electrons. The van der Waals surface area contributed by atoms with Crippen LogP contribution in [0.3, 0.4) is 0 Å². The fraction of sp³-hybridized carbons (Fsp3) is 0.480. The summed E-state index contributed by atoms with van der Waals surface area (Å²) in [6, 6.07) is 10.8. The van der Waals surface area contributed by atoms with Crippen molar-refractivity contribution in [3.05, 3.63) is 47.2 Å². The summed E-state index contributed by atoms with van der Waals surface area (Å²) in [4.78, 5) is 17.9.